The van der Waals surface area contributed by atoms with E-state index in [0.29, 0.717) is 29.9 Å². The summed E-state index contributed by atoms with van der Waals surface area (Å²) in [6.07, 6.45) is 4.62. The van der Waals surface area contributed by atoms with Crippen LogP contribution >= 0.6 is 0 Å². The van der Waals surface area contributed by atoms with E-state index in [1.807, 2.05) is 4.68 Å². The van der Waals surface area contributed by atoms with E-state index in [4.69, 9.17) is 0 Å². The van der Waals surface area contributed by atoms with E-state index in [-0.39, 0.29) is 29.8 Å². The number of nitrogens with one attached hydrogen (secondary N) is 1. The van der Waals surface area contributed by atoms with E-state index >= 15 is 0 Å². The average Bonchev–Trinajstić information content (AvgIpc) is 3.17. The van der Waals surface area contributed by atoms with Gasteiger partial charge in [0.25, 0.3) is 5.91 Å². The minimum absolute atomic E-state index is 0.0731. The Labute approximate surface area is 182 Å². The molecule has 166 valence electrons. The van der Waals surface area contributed by atoms with Gasteiger partial charge in [0, 0.05) is 45.3 Å². The Morgan fingerprint density at radius 1 is 1.06 bits per heavy atom. The van der Waals surface area contributed by atoms with Gasteiger partial charge in [0.05, 0.1) is 22.3 Å². The molecule has 1 fully saturated rings. The summed E-state index contributed by atoms with van der Waals surface area (Å²) in [5.41, 5.74) is 2.75. The Bertz CT molecular complexity index is 1120. The standard InChI is InChI=1S/C21H27N5O4S/c1-15-13-17(23-16(2)27)6-7-20(15)31(29,30)25-11-9-24(10-12-25)21(28)18-14-22-26-8-4-3-5-19(18)26/h6-7,13-14H,3-5,8-12H2,1-2H3,(H,23,27). The minimum atomic E-state index is -3.69. The number of piperazine rings is 1. The van der Waals surface area contributed by atoms with Gasteiger partial charge in [-0.2, -0.15) is 9.40 Å². The normalized spacial score (nSPS) is 17.3. The van der Waals surface area contributed by atoms with Crippen LogP contribution in [0.1, 0.15) is 41.4 Å². The van der Waals surface area contributed by atoms with Crippen molar-refractivity contribution in [1.82, 2.24) is 19.0 Å². The van der Waals surface area contributed by atoms with E-state index in [1.165, 1.54) is 17.3 Å². The van der Waals surface area contributed by atoms with Crippen molar-refractivity contribution in [3.8, 4) is 0 Å². The Morgan fingerprint density at radius 2 is 1.81 bits per heavy atom. The van der Waals surface area contributed by atoms with Crippen LogP contribution in [0.5, 0.6) is 0 Å². The van der Waals surface area contributed by atoms with Gasteiger partial charge in [0.1, 0.15) is 0 Å². The van der Waals surface area contributed by atoms with Crippen molar-refractivity contribution in [3.63, 3.8) is 0 Å². The topological polar surface area (TPSA) is 105 Å². The summed E-state index contributed by atoms with van der Waals surface area (Å²) >= 11 is 0. The highest BCUT2D eigenvalue weighted by atomic mass is 32.2. The number of hydrogen-bond donors (Lipinski definition) is 1. The zero-order valence-corrected chi connectivity index (χ0v) is 18.6. The molecule has 1 aromatic carbocycles. The molecule has 1 aromatic heterocycles. The number of anilines is 1. The summed E-state index contributed by atoms with van der Waals surface area (Å²) in [5.74, 6) is -0.286. The van der Waals surface area contributed by atoms with Crippen LogP contribution in [-0.2, 0) is 27.8 Å². The van der Waals surface area contributed by atoms with E-state index in [9.17, 15) is 18.0 Å². The van der Waals surface area contributed by atoms with Gasteiger partial charge in [-0.25, -0.2) is 8.42 Å². The van der Waals surface area contributed by atoms with Gasteiger partial charge in [0.15, 0.2) is 0 Å². The third-order valence-corrected chi connectivity index (χ3v) is 7.91. The molecule has 0 radical (unpaired) electrons. The van der Waals surface area contributed by atoms with Crippen molar-refractivity contribution >= 4 is 27.5 Å². The monoisotopic (exact) mass is 445 g/mol. The molecule has 1 N–H and O–H groups in total. The molecule has 0 saturated carbocycles. The fourth-order valence-corrected chi connectivity index (χ4v) is 5.89. The predicted molar refractivity (Wildman–Crippen MR) is 115 cm³/mol. The largest absolute Gasteiger partial charge is 0.336 e. The summed E-state index contributed by atoms with van der Waals surface area (Å²) in [4.78, 5) is 26.2. The van der Waals surface area contributed by atoms with Gasteiger partial charge in [-0.1, -0.05) is 0 Å². The molecule has 2 aromatic rings. The first-order valence-electron chi connectivity index (χ1n) is 10.5. The molecular formula is C21H27N5O4S. The maximum Gasteiger partial charge on any atom is 0.257 e. The number of aryl methyl sites for hydroxylation is 2. The highest BCUT2D eigenvalue weighted by Crippen LogP contribution is 2.25. The lowest BCUT2D eigenvalue weighted by Gasteiger charge is -2.34. The second-order valence-electron chi connectivity index (χ2n) is 8.04. The van der Waals surface area contributed by atoms with Crippen LogP contribution in [0.4, 0.5) is 5.69 Å². The van der Waals surface area contributed by atoms with Crippen molar-refractivity contribution < 1.29 is 18.0 Å². The molecule has 1 saturated heterocycles. The Balaban J connectivity index is 1.45. The molecule has 2 aliphatic rings. The van der Waals surface area contributed by atoms with Gasteiger partial charge in [-0.3, -0.25) is 14.3 Å². The minimum Gasteiger partial charge on any atom is -0.336 e. The summed E-state index contributed by atoms with van der Waals surface area (Å²) in [6.45, 7) is 5.11. The second-order valence-corrected chi connectivity index (χ2v) is 9.95. The quantitative estimate of drug-likeness (QED) is 0.770. The van der Waals surface area contributed by atoms with Crippen LogP contribution in [0.15, 0.2) is 29.3 Å². The van der Waals surface area contributed by atoms with Crippen LogP contribution in [0, 0.1) is 6.92 Å². The molecule has 0 aliphatic carbocycles. The summed E-state index contributed by atoms with van der Waals surface area (Å²) in [5, 5.41) is 7.00. The Hall–Kier alpha value is -2.72. The second kappa shape index (κ2) is 8.43. The summed E-state index contributed by atoms with van der Waals surface area (Å²) in [6, 6.07) is 4.76. The molecule has 0 unspecified atom stereocenters. The van der Waals surface area contributed by atoms with Crippen LogP contribution < -0.4 is 5.32 Å². The van der Waals surface area contributed by atoms with Crippen LogP contribution in [0.2, 0.25) is 0 Å². The number of rotatable bonds is 4. The lowest BCUT2D eigenvalue weighted by atomic mass is 10.1. The number of benzene rings is 1. The number of nitrogens with zero attached hydrogens (tertiary/aromatic N) is 4. The lowest BCUT2D eigenvalue weighted by Crippen LogP contribution is -2.50. The Kier molecular flexibility index (Phi) is 5.85. The molecule has 3 heterocycles. The van der Waals surface area contributed by atoms with Gasteiger partial charge in [-0.15, -0.1) is 0 Å². The van der Waals surface area contributed by atoms with Crippen LogP contribution in [0.3, 0.4) is 0 Å². The van der Waals surface area contributed by atoms with E-state index in [2.05, 4.69) is 10.4 Å². The average molecular weight is 446 g/mol. The molecular weight excluding hydrogens is 418 g/mol. The zero-order valence-electron chi connectivity index (χ0n) is 17.8. The van der Waals surface area contributed by atoms with Gasteiger partial charge in [-0.05, 0) is 49.9 Å². The maximum absolute atomic E-state index is 13.2. The molecule has 31 heavy (non-hydrogen) atoms. The van der Waals surface area contributed by atoms with Gasteiger partial charge < -0.3 is 10.2 Å². The molecule has 2 amide bonds. The summed E-state index contributed by atoms with van der Waals surface area (Å²) in [7, 11) is -3.69. The third-order valence-electron chi connectivity index (χ3n) is 5.85. The predicted octanol–water partition coefficient (Wildman–Crippen LogP) is 1.63. The fourth-order valence-electron chi connectivity index (χ4n) is 4.26. The van der Waals surface area contributed by atoms with Crippen LogP contribution in [0.25, 0.3) is 0 Å². The third kappa shape index (κ3) is 4.22. The van der Waals surface area contributed by atoms with Gasteiger partial charge >= 0.3 is 0 Å². The number of amides is 2. The lowest BCUT2D eigenvalue weighted by molar-refractivity contribution is -0.114. The SMILES string of the molecule is CC(=O)Nc1ccc(S(=O)(=O)N2CCN(C(=O)c3cnn4c3CCCC4)CC2)c(C)c1. The molecule has 0 atom stereocenters. The number of sulfonamides is 1. The molecule has 4 rings (SSSR count). The molecule has 10 heteroatoms. The van der Waals surface area contributed by atoms with Crippen LogP contribution in [-0.4, -0.2) is 65.4 Å². The first kappa shape index (κ1) is 21.5. The number of hydrogen-bond acceptors (Lipinski definition) is 5. The number of carbonyl (C=O) groups is 2. The van der Waals surface area contributed by atoms with Crippen molar-refractivity contribution in [2.45, 2.75) is 44.6 Å². The highest BCUT2D eigenvalue weighted by Gasteiger charge is 2.32. The van der Waals surface area contributed by atoms with Crippen molar-refractivity contribution in [1.29, 1.82) is 0 Å². The van der Waals surface area contributed by atoms with Crippen molar-refractivity contribution in [3.05, 3.63) is 41.2 Å². The molecule has 2 aliphatic heterocycles. The highest BCUT2D eigenvalue weighted by molar-refractivity contribution is 7.89. The number of carbonyl (C=O) groups excluding carboxylic acids is 2. The molecule has 9 nitrogen and oxygen atoms in total. The molecule has 0 spiro atoms. The molecule has 0 bridgehead atoms. The smallest absolute Gasteiger partial charge is 0.257 e. The first-order chi connectivity index (χ1) is 14.8. The van der Waals surface area contributed by atoms with E-state index in [0.717, 1.165) is 31.5 Å². The Morgan fingerprint density at radius 3 is 2.48 bits per heavy atom. The number of fused-ring (bicyclic) bond motifs is 1. The van der Waals surface area contributed by atoms with Gasteiger partial charge in [0.2, 0.25) is 15.9 Å². The van der Waals surface area contributed by atoms with E-state index < -0.39 is 10.0 Å². The van der Waals surface area contributed by atoms with Crippen molar-refractivity contribution in [2.24, 2.45) is 0 Å². The fraction of sp³-hybridized carbons (Fsp3) is 0.476. The van der Waals surface area contributed by atoms with Crippen molar-refractivity contribution in [2.75, 3.05) is 31.5 Å². The summed E-state index contributed by atoms with van der Waals surface area (Å²) < 4.78 is 29.6. The number of aromatic nitrogens is 2. The van der Waals surface area contributed by atoms with E-state index in [1.54, 1.807) is 30.2 Å². The first-order valence-corrected chi connectivity index (χ1v) is 11.9. The maximum atomic E-state index is 13.2. The zero-order chi connectivity index (χ0) is 22.2.